The molecule has 0 saturated heterocycles. The number of hydrogen-bond donors (Lipinski definition) is 1. The zero-order chi connectivity index (χ0) is 11.0. The van der Waals surface area contributed by atoms with Gasteiger partial charge in [-0.3, -0.25) is 14.4 Å². The standard InChI is InChI=1S/C10H17NO3/c1-3-4-8(2)5-9(11-7-13)10(14)6-12/h6-9H,3-5H2,1-2H3,(H,11,13). The van der Waals surface area contributed by atoms with E-state index in [2.05, 4.69) is 12.2 Å². The number of hydrogen-bond acceptors (Lipinski definition) is 3. The lowest BCUT2D eigenvalue weighted by Crippen LogP contribution is -2.37. The maximum absolute atomic E-state index is 11.1. The van der Waals surface area contributed by atoms with Gasteiger partial charge in [0.25, 0.3) is 0 Å². The van der Waals surface area contributed by atoms with Crippen LogP contribution in [0.3, 0.4) is 0 Å². The first kappa shape index (κ1) is 12.8. The van der Waals surface area contributed by atoms with Crippen LogP contribution in [0.5, 0.6) is 0 Å². The fraction of sp³-hybridized carbons (Fsp3) is 0.700. The Hall–Kier alpha value is -1.19. The van der Waals surface area contributed by atoms with Gasteiger partial charge in [-0.1, -0.05) is 26.7 Å². The highest BCUT2D eigenvalue weighted by molar-refractivity contribution is 6.27. The highest BCUT2D eigenvalue weighted by Crippen LogP contribution is 2.12. The number of rotatable bonds is 8. The fourth-order valence-electron chi connectivity index (χ4n) is 1.44. The quantitative estimate of drug-likeness (QED) is 0.462. The molecule has 2 unspecified atom stereocenters. The molecule has 0 rings (SSSR count). The van der Waals surface area contributed by atoms with Crippen LogP contribution >= 0.6 is 0 Å². The van der Waals surface area contributed by atoms with E-state index in [0.717, 1.165) is 12.8 Å². The minimum Gasteiger partial charge on any atom is -0.348 e. The van der Waals surface area contributed by atoms with Crippen LogP contribution in [0.4, 0.5) is 0 Å². The van der Waals surface area contributed by atoms with Crippen LogP contribution in [0.2, 0.25) is 0 Å². The van der Waals surface area contributed by atoms with E-state index >= 15 is 0 Å². The van der Waals surface area contributed by atoms with Gasteiger partial charge in [-0.15, -0.1) is 0 Å². The van der Waals surface area contributed by atoms with Gasteiger partial charge >= 0.3 is 0 Å². The lowest BCUT2D eigenvalue weighted by molar-refractivity contribution is -0.132. The molecule has 0 aromatic carbocycles. The number of Topliss-reactive ketones (excluding diaryl/α,β-unsaturated/α-hetero) is 1. The molecule has 0 fully saturated rings. The van der Waals surface area contributed by atoms with Gasteiger partial charge in [-0.05, 0) is 12.3 Å². The van der Waals surface area contributed by atoms with Gasteiger partial charge in [0.05, 0.1) is 6.04 Å². The van der Waals surface area contributed by atoms with Crippen molar-refractivity contribution in [3.8, 4) is 0 Å². The second kappa shape index (κ2) is 7.24. The summed E-state index contributed by atoms with van der Waals surface area (Å²) in [6.45, 7) is 4.06. The van der Waals surface area contributed by atoms with Gasteiger partial charge in [0.1, 0.15) is 0 Å². The number of carbonyl (C=O) groups excluding carboxylic acids is 3. The van der Waals surface area contributed by atoms with E-state index in [1.807, 2.05) is 6.92 Å². The van der Waals surface area contributed by atoms with E-state index in [9.17, 15) is 14.4 Å². The molecule has 0 radical (unpaired) electrons. The average molecular weight is 199 g/mol. The fourth-order valence-corrected chi connectivity index (χ4v) is 1.44. The minimum atomic E-state index is -0.647. The predicted molar refractivity (Wildman–Crippen MR) is 52.7 cm³/mol. The third kappa shape index (κ3) is 4.74. The van der Waals surface area contributed by atoms with Crippen LogP contribution < -0.4 is 5.32 Å². The van der Waals surface area contributed by atoms with Crippen molar-refractivity contribution < 1.29 is 14.4 Å². The summed E-state index contributed by atoms with van der Waals surface area (Å²) in [5.41, 5.74) is 0. The number of nitrogens with one attached hydrogen (secondary N) is 1. The topological polar surface area (TPSA) is 63.2 Å². The van der Waals surface area contributed by atoms with E-state index in [1.165, 1.54) is 0 Å². The molecule has 80 valence electrons. The van der Waals surface area contributed by atoms with Crippen molar-refractivity contribution in [3.05, 3.63) is 0 Å². The SMILES string of the molecule is CCCC(C)CC(NC=O)C(=O)C=O. The summed E-state index contributed by atoms with van der Waals surface area (Å²) >= 11 is 0. The molecule has 4 nitrogen and oxygen atoms in total. The second-order valence-electron chi connectivity index (χ2n) is 3.49. The smallest absolute Gasteiger partial charge is 0.217 e. The zero-order valence-corrected chi connectivity index (χ0v) is 8.66. The Kier molecular flexibility index (Phi) is 6.62. The molecule has 2 atom stereocenters. The summed E-state index contributed by atoms with van der Waals surface area (Å²) in [5, 5.41) is 2.36. The molecule has 0 spiro atoms. The lowest BCUT2D eigenvalue weighted by Gasteiger charge is -2.16. The average Bonchev–Trinajstić information content (AvgIpc) is 2.16. The molecule has 4 heteroatoms. The largest absolute Gasteiger partial charge is 0.348 e. The second-order valence-corrected chi connectivity index (χ2v) is 3.49. The first-order valence-electron chi connectivity index (χ1n) is 4.84. The van der Waals surface area contributed by atoms with E-state index in [0.29, 0.717) is 18.7 Å². The number of aldehydes is 1. The van der Waals surface area contributed by atoms with Gasteiger partial charge in [0, 0.05) is 0 Å². The Morgan fingerprint density at radius 1 is 1.43 bits per heavy atom. The Morgan fingerprint density at radius 2 is 2.07 bits per heavy atom. The molecular formula is C10H17NO3. The van der Waals surface area contributed by atoms with Crippen molar-refractivity contribution in [1.29, 1.82) is 0 Å². The van der Waals surface area contributed by atoms with Gasteiger partial charge in [-0.25, -0.2) is 0 Å². The van der Waals surface area contributed by atoms with Crippen molar-refractivity contribution in [3.63, 3.8) is 0 Å². The number of amides is 1. The third-order valence-electron chi connectivity index (χ3n) is 2.15. The van der Waals surface area contributed by atoms with Crippen LogP contribution in [-0.4, -0.2) is 24.5 Å². The molecule has 0 bridgehead atoms. The summed E-state index contributed by atoms with van der Waals surface area (Å²) < 4.78 is 0. The molecule has 0 heterocycles. The molecule has 0 aromatic rings. The summed E-state index contributed by atoms with van der Waals surface area (Å²) in [6, 6.07) is -0.647. The maximum Gasteiger partial charge on any atom is 0.217 e. The van der Waals surface area contributed by atoms with Crippen LogP contribution in [0, 0.1) is 5.92 Å². The Bertz CT molecular complexity index is 204. The van der Waals surface area contributed by atoms with Gasteiger partial charge in [0.15, 0.2) is 6.29 Å². The van der Waals surface area contributed by atoms with Crippen molar-refractivity contribution >= 4 is 18.5 Å². The molecule has 0 aromatic heterocycles. The van der Waals surface area contributed by atoms with E-state index in [4.69, 9.17) is 0 Å². The molecule has 1 amide bonds. The zero-order valence-electron chi connectivity index (χ0n) is 8.66. The monoisotopic (exact) mass is 199 g/mol. The van der Waals surface area contributed by atoms with E-state index in [1.54, 1.807) is 0 Å². The number of carbonyl (C=O) groups is 3. The van der Waals surface area contributed by atoms with Crippen LogP contribution in [0.1, 0.15) is 33.1 Å². The van der Waals surface area contributed by atoms with Gasteiger partial charge in [-0.2, -0.15) is 0 Å². The van der Waals surface area contributed by atoms with Crippen LogP contribution in [0.15, 0.2) is 0 Å². The van der Waals surface area contributed by atoms with Gasteiger partial charge < -0.3 is 5.32 Å². The maximum atomic E-state index is 11.1. The van der Waals surface area contributed by atoms with Crippen LogP contribution in [-0.2, 0) is 14.4 Å². The molecule has 14 heavy (non-hydrogen) atoms. The Labute approximate surface area is 84.1 Å². The van der Waals surface area contributed by atoms with Crippen molar-refractivity contribution in [2.75, 3.05) is 0 Å². The summed E-state index contributed by atoms with van der Waals surface area (Å²) in [6.07, 6.45) is 3.28. The minimum absolute atomic E-state index is 0.264. The van der Waals surface area contributed by atoms with E-state index < -0.39 is 11.8 Å². The summed E-state index contributed by atoms with van der Waals surface area (Å²) in [4.78, 5) is 31.5. The van der Waals surface area contributed by atoms with Crippen LogP contribution in [0.25, 0.3) is 0 Å². The first-order chi connectivity index (χ1) is 6.65. The third-order valence-corrected chi connectivity index (χ3v) is 2.15. The Morgan fingerprint density at radius 3 is 2.50 bits per heavy atom. The molecule has 0 aliphatic rings. The molecule has 0 aliphatic heterocycles. The van der Waals surface area contributed by atoms with Gasteiger partial charge in [0.2, 0.25) is 12.2 Å². The molecule has 0 saturated carbocycles. The Balaban J connectivity index is 4.13. The highest BCUT2D eigenvalue weighted by atomic mass is 16.2. The molecule has 0 aliphatic carbocycles. The lowest BCUT2D eigenvalue weighted by atomic mass is 9.95. The number of ketones is 1. The predicted octanol–water partition coefficient (Wildman–Crippen LogP) is 0.695. The normalized spacial score (nSPS) is 14.1. The summed E-state index contributed by atoms with van der Waals surface area (Å²) in [5.74, 6) is -0.221. The van der Waals surface area contributed by atoms with E-state index in [-0.39, 0.29) is 6.29 Å². The van der Waals surface area contributed by atoms with Crippen molar-refractivity contribution in [2.24, 2.45) is 5.92 Å². The molecular weight excluding hydrogens is 182 g/mol. The van der Waals surface area contributed by atoms with Crippen molar-refractivity contribution in [2.45, 2.75) is 39.2 Å². The summed E-state index contributed by atoms with van der Waals surface area (Å²) in [7, 11) is 0. The molecule has 1 N–H and O–H groups in total. The first-order valence-corrected chi connectivity index (χ1v) is 4.84. The highest BCUT2D eigenvalue weighted by Gasteiger charge is 2.19. The van der Waals surface area contributed by atoms with Crippen molar-refractivity contribution in [1.82, 2.24) is 5.32 Å².